The average molecular weight is 291 g/mol. The van der Waals surface area contributed by atoms with Crippen LogP contribution < -0.4 is 5.32 Å². The molecule has 1 N–H and O–H groups in total. The molecule has 4 heteroatoms. The average Bonchev–Trinajstić information content (AvgIpc) is 3.30. The van der Waals surface area contributed by atoms with Crippen molar-refractivity contribution in [3.05, 3.63) is 65.2 Å². The lowest BCUT2D eigenvalue weighted by Gasteiger charge is -2.10. The minimum atomic E-state index is -4.28. The van der Waals surface area contributed by atoms with E-state index in [-0.39, 0.29) is 0 Å². The van der Waals surface area contributed by atoms with E-state index in [1.54, 1.807) is 0 Å². The van der Waals surface area contributed by atoms with Crippen LogP contribution in [0.4, 0.5) is 18.9 Å². The predicted octanol–water partition coefficient (Wildman–Crippen LogP) is 5.19. The highest BCUT2D eigenvalue weighted by Crippen LogP contribution is 2.40. The Kier molecular flexibility index (Phi) is 3.62. The number of halogens is 3. The Hall–Kier alpha value is -1.97. The summed E-state index contributed by atoms with van der Waals surface area (Å²) in [7, 11) is 0. The van der Waals surface area contributed by atoms with E-state index < -0.39 is 11.7 Å². The first-order valence-corrected chi connectivity index (χ1v) is 7.02. The van der Waals surface area contributed by atoms with Gasteiger partial charge in [-0.25, -0.2) is 0 Å². The summed E-state index contributed by atoms with van der Waals surface area (Å²) >= 11 is 0. The molecular weight excluding hydrogens is 275 g/mol. The van der Waals surface area contributed by atoms with E-state index in [9.17, 15) is 13.2 Å². The highest BCUT2D eigenvalue weighted by atomic mass is 19.4. The maximum Gasteiger partial charge on any atom is 0.416 e. The molecule has 0 spiro atoms. The molecule has 0 aliphatic heterocycles. The zero-order valence-electron chi connectivity index (χ0n) is 11.5. The molecule has 0 atom stereocenters. The molecule has 1 nitrogen and oxygen atoms in total. The number of rotatable bonds is 4. The van der Waals surface area contributed by atoms with E-state index in [0.717, 1.165) is 17.7 Å². The fraction of sp³-hybridized carbons (Fsp3) is 0.294. The molecule has 2 aromatic rings. The summed E-state index contributed by atoms with van der Waals surface area (Å²) in [5.74, 6) is 0.705. The quantitative estimate of drug-likeness (QED) is 0.817. The maximum absolute atomic E-state index is 12.5. The molecule has 1 saturated carbocycles. The molecule has 2 aromatic carbocycles. The Morgan fingerprint density at radius 2 is 1.71 bits per heavy atom. The largest absolute Gasteiger partial charge is 0.416 e. The van der Waals surface area contributed by atoms with Gasteiger partial charge >= 0.3 is 6.18 Å². The van der Waals surface area contributed by atoms with Crippen molar-refractivity contribution >= 4 is 5.69 Å². The summed E-state index contributed by atoms with van der Waals surface area (Å²) in [6.07, 6.45) is -1.76. The van der Waals surface area contributed by atoms with Crippen LogP contribution in [0.25, 0.3) is 0 Å². The first-order valence-electron chi connectivity index (χ1n) is 7.02. The number of alkyl halides is 3. The van der Waals surface area contributed by atoms with E-state index in [4.69, 9.17) is 0 Å². The fourth-order valence-electron chi connectivity index (χ4n) is 2.35. The Balaban J connectivity index is 1.63. The van der Waals surface area contributed by atoms with Gasteiger partial charge in [-0.05, 0) is 54.2 Å². The second kappa shape index (κ2) is 5.43. The number of anilines is 1. The molecule has 0 radical (unpaired) electrons. The molecule has 0 heterocycles. The Morgan fingerprint density at radius 3 is 2.33 bits per heavy atom. The van der Waals surface area contributed by atoms with Crippen molar-refractivity contribution in [1.29, 1.82) is 0 Å². The highest BCUT2D eigenvalue weighted by molar-refractivity contribution is 5.46. The summed E-state index contributed by atoms with van der Waals surface area (Å²) in [5, 5.41) is 3.16. The number of nitrogens with one attached hydrogen (secondary N) is 1. The lowest BCUT2D eigenvalue weighted by molar-refractivity contribution is -0.137. The molecule has 1 aliphatic carbocycles. The molecule has 110 valence electrons. The van der Waals surface area contributed by atoms with Crippen LogP contribution in [0.3, 0.4) is 0 Å². The Bertz CT molecular complexity index is 613. The van der Waals surface area contributed by atoms with Gasteiger partial charge in [-0.1, -0.05) is 24.3 Å². The van der Waals surface area contributed by atoms with E-state index in [1.807, 2.05) is 12.1 Å². The van der Waals surface area contributed by atoms with Gasteiger partial charge in [0.05, 0.1) is 5.56 Å². The van der Waals surface area contributed by atoms with Gasteiger partial charge in [0, 0.05) is 12.2 Å². The van der Waals surface area contributed by atoms with Crippen LogP contribution >= 0.6 is 0 Å². The van der Waals surface area contributed by atoms with Crippen LogP contribution in [-0.4, -0.2) is 0 Å². The van der Waals surface area contributed by atoms with E-state index in [2.05, 4.69) is 17.4 Å². The van der Waals surface area contributed by atoms with Crippen molar-refractivity contribution in [2.24, 2.45) is 0 Å². The Labute approximate surface area is 121 Å². The molecule has 21 heavy (non-hydrogen) atoms. The van der Waals surface area contributed by atoms with Gasteiger partial charge in [0.15, 0.2) is 0 Å². The summed E-state index contributed by atoms with van der Waals surface area (Å²) < 4.78 is 37.4. The molecule has 3 rings (SSSR count). The third kappa shape index (κ3) is 3.57. The van der Waals surface area contributed by atoms with Crippen molar-refractivity contribution < 1.29 is 13.2 Å². The molecule has 1 fully saturated rings. The third-order valence-corrected chi connectivity index (χ3v) is 3.71. The zero-order valence-corrected chi connectivity index (χ0v) is 11.5. The maximum atomic E-state index is 12.5. The van der Waals surface area contributed by atoms with Crippen molar-refractivity contribution in [2.45, 2.75) is 31.5 Å². The zero-order chi connectivity index (χ0) is 14.9. The molecule has 1 aliphatic rings. The van der Waals surface area contributed by atoms with Crippen LogP contribution in [0.15, 0.2) is 48.5 Å². The van der Waals surface area contributed by atoms with Gasteiger partial charge in [-0.3, -0.25) is 0 Å². The SMILES string of the molecule is FC(F)(F)c1ccc(NCc2cccc(C3CC3)c2)cc1. The second-order valence-corrected chi connectivity index (χ2v) is 5.45. The predicted molar refractivity (Wildman–Crippen MR) is 77.2 cm³/mol. The standard InChI is InChI=1S/C17H16F3N/c18-17(19,20)15-6-8-16(9-7-15)21-11-12-2-1-3-14(10-12)13-4-5-13/h1-3,6-10,13,21H,4-5,11H2. The van der Waals surface area contributed by atoms with Crippen LogP contribution in [0.2, 0.25) is 0 Å². The summed E-state index contributed by atoms with van der Waals surface area (Å²) in [6.45, 7) is 0.617. The van der Waals surface area contributed by atoms with Gasteiger partial charge in [-0.2, -0.15) is 13.2 Å². The molecule has 0 bridgehead atoms. The van der Waals surface area contributed by atoms with Crippen LogP contribution in [0, 0.1) is 0 Å². The number of hydrogen-bond acceptors (Lipinski definition) is 1. The lowest BCUT2D eigenvalue weighted by Crippen LogP contribution is -2.05. The fourth-order valence-corrected chi connectivity index (χ4v) is 2.35. The molecular formula is C17H16F3N. The second-order valence-electron chi connectivity index (χ2n) is 5.45. The van der Waals surface area contributed by atoms with E-state index in [0.29, 0.717) is 18.2 Å². The monoisotopic (exact) mass is 291 g/mol. The number of hydrogen-bond donors (Lipinski definition) is 1. The van der Waals surface area contributed by atoms with Crippen molar-refractivity contribution in [3.63, 3.8) is 0 Å². The number of benzene rings is 2. The van der Waals surface area contributed by atoms with Gasteiger partial charge < -0.3 is 5.32 Å². The first-order chi connectivity index (χ1) is 10.0. The molecule has 0 unspecified atom stereocenters. The van der Waals surface area contributed by atoms with E-state index in [1.165, 1.54) is 30.5 Å². The van der Waals surface area contributed by atoms with Crippen LogP contribution in [0.5, 0.6) is 0 Å². The van der Waals surface area contributed by atoms with Crippen LogP contribution in [-0.2, 0) is 12.7 Å². The van der Waals surface area contributed by atoms with Crippen molar-refractivity contribution in [3.8, 4) is 0 Å². The smallest absolute Gasteiger partial charge is 0.381 e. The Morgan fingerprint density at radius 1 is 1.00 bits per heavy atom. The minimum Gasteiger partial charge on any atom is -0.381 e. The van der Waals surface area contributed by atoms with E-state index >= 15 is 0 Å². The molecule has 0 aromatic heterocycles. The van der Waals surface area contributed by atoms with Crippen molar-refractivity contribution in [2.75, 3.05) is 5.32 Å². The first kappa shape index (κ1) is 14.0. The summed E-state index contributed by atoms with van der Waals surface area (Å²) in [5.41, 5.74) is 2.59. The lowest BCUT2D eigenvalue weighted by atomic mass is 10.1. The third-order valence-electron chi connectivity index (χ3n) is 3.71. The summed E-state index contributed by atoms with van der Waals surface area (Å²) in [6, 6.07) is 13.5. The van der Waals surface area contributed by atoms with Crippen molar-refractivity contribution in [1.82, 2.24) is 0 Å². The normalized spacial score (nSPS) is 15.0. The van der Waals surface area contributed by atoms with Gasteiger partial charge in [0.25, 0.3) is 0 Å². The van der Waals surface area contributed by atoms with Gasteiger partial charge in [0.2, 0.25) is 0 Å². The minimum absolute atomic E-state index is 0.617. The molecule has 0 amide bonds. The van der Waals surface area contributed by atoms with Gasteiger partial charge in [-0.15, -0.1) is 0 Å². The molecule has 0 saturated heterocycles. The van der Waals surface area contributed by atoms with Gasteiger partial charge in [0.1, 0.15) is 0 Å². The summed E-state index contributed by atoms with van der Waals surface area (Å²) in [4.78, 5) is 0. The highest BCUT2D eigenvalue weighted by Gasteiger charge is 2.29. The topological polar surface area (TPSA) is 12.0 Å². The van der Waals surface area contributed by atoms with Crippen LogP contribution in [0.1, 0.15) is 35.4 Å².